The van der Waals surface area contributed by atoms with Gasteiger partial charge in [0.05, 0.1) is 10.8 Å². The molecule has 1 aromatic heterocycles. The van der Waals surface area contributed by atoms with Gasteiger partial charge >= 0.3 is 0 Å². The molecule has 4 rings (SSSR count). The minimum absolute atomic E-state index is 0.0599. The third kappa shape index (κ3) is 4.22. The van der Waals surface area contributed by atoms with Crippen LogP contribution in [0.3, 0.4) is 0 Å². The molecule has 2 aromatic rings. The first-order chi connectivity index (χ1) is 14.4. The Bertz CT molecular complexity index is 1020. The molecule has 0 spiro atoms. The first kappa shape index (κ1) is 20.5. The third-order valence-corrected chi connectivity index (χ3v) is 7.44. The van der Waals surface area contributed by atoms with E-state index in [0.717, 1.165) is 6.42 Å². The van der Waals surface area contributed by atoms with E-state index < -0.39 is 15.9 Å². The van der Waals surface area contributed by atoms with Gasteiger partial charge in [0.1, 0.15) is 0 Å². The second kappa shape index (κ2) is 8.53. The molecule has 8 nitrogen and oxygen atoms in total. The van der Waals surface area contributed by atoms with Gasteiger partial charge in [-0.3, -0.25) is 14.6 Å². The molecule has 158 valence electrons. The van der Waals surface area contributed by atoms with Gasteiger partial charge in [-0.25, -0.2) is 8.42 Å². The molecule has 0 aliphatic carbocycles. The van der Waals surface area contributed by atoms with Gasteiger partial charge < -0.3 is 10.2 Å². The van der Waals surface area contributed by atoms with Crippen molar-refractivity contribution in [3.63, 3.8) is 0 Å². The number of sulfonamides is 1. The standard InChI is InChI=1S/C21H24N4O4S/c26-20-4-2-14-25(20)18-5-7-19(8-6-18)30(28,29)24-13-1-3-16(15-24)21(27)23-17-9-11-22-12-10-17/h5-12,16H,1-4,13-15H2,(H,22,23,27)/t16-/m0/s1. The van der Waals surface area contributed by atoms with E-state index in [1.165, 1.54) is 16.4 Å². The summed E-state index contributed by atoms with van der Waals surface area (Å²) in [4.78, 5) is 30.3. The third-order valence-electron chi connectivity index (χ3n) is 5.56. The van der Waals surface area contributed by atoms with E-state index in [1.54, 1.807) is 41.6 Å². The highest BCUT2D eigenvalue weighted by Crippen LogP contribution is 2.27. The van der Waals surface area contributed by atoms with Gasteiger partial charge in [0.2, 0.25) is 21.8 Å². The summed E-state index contributed by atoms with van der Waals surface area (Å²) in [7, 11) is -3.72. The Hall–Kier alpha value is -2.78. The Morgan fingerprint density at radius 2 is 1.77 bits per heavy atom. The average Bonchev–Trinajstić information content (AvgIpc) is 3.20. The number of hydrogen-bond donors (Lipinski definition) is 1. The number of benzene rings is 1. The van der Waals surface area contributed by atoms with Crippen molar-refractivity contribution in [2.24, 2.45) is 5.92 Å². The number of hydrogen-bond acceptors (Lipinski definition) is 5. The lowest BCUT2D eigenvalue weighted by molar-refractivity contribution is -0.121. The predicted molar refractivity (Wildman–Crippen MR) is 112 cm³/mol. The quantitative estimate of drug-likeness (QED) is 0.787. The molecule has 0 radical (unpaired) electrons. The lowest BCUT2D eigenvalue weighted by Gasteiger charge is -2.31. The maximum Gasteiger partial charge on any atom is 0.243 e. The summed E-state index contributed by atoms with van der Waals surface area (Å²) in [5.74, 6) is -0.545. The van der Waals surface area contributed by atoms with Gasteiger partial charge in [-0.05, 0) is 55.7 Å². The van der Waals surface area contributed by atoms with Crippen molar-refractivity contribution in [3.8, 4) is 0 Å². The van der Waals surface area contributed by atoms with E-state index in [2.05, 4.69) is 10.3 Å². The largest absolute Gasteiger partial charge is 0.326 e. The molecule has 0 unspecified atom stereocenters. The Kier molecular flexibility index (Phi) is 5.83. The fourth-order valence-corrected chi connectivity index (χ4v) is 5.45. The summed E-state index contributed by atoms with van der Waals surface area (Å²) >= 11 is 0. The van der Waals surface area contributed by atoms with Crippen molar-refractivity contribution in [2.45, 2.75) is 30.6 Å². The average molecular weight is 429 g/mol. The summed E-state index contributed by atoms with van der Waals surface area (Å²) < 4.78 is 27.6. The van der Waals surface area contributed by atoms with Crippen LogP contribution in [0.4, 0.5) is 11.4 Å². The van der Waals surface area contributed by atoms with Crippen LogP contribution in [0.25, 0.3) is 0 Å². The zero-order chi connectivity index (χ0) is 21.1. The number of carbonyl (C=O) groups excluding carboxylic acids is 2. The molecule has 1 N–H and O–H groups in total. The van der Waals surface area contributed by atoms with Crippen LogP contribution in [0.1, 0.15) is 25.7 Å². The molecule has 2 fully saturated rings. The van der Waals surface area contributed by atoms with Gasteiger partial charge in [-0.1, -0.05) is 0 Å². The highest BCUT2D eigenvalue weighted by Gasteiger charge is 2.33. The molecule has 0 saturated carbocycles. The first-order valence-corrected chi connectivity index (χ1v) is 11.5. The Morgan fingerprint density at radius 1 is 1.03 bits per heavy atom. The number of nitrogens with one attached hydrogen (secondary N) is 1. The van der Waals surface area contributed by atoms with Crippen LogP contribution in [-0.2, 0) is 19.6 Å². The van der Waals surface area contributed by atoms with Crippen LogP contribution >= 0.6 is 0 Å². The molecule has 30 heavy (non-hydrogen) atoms. The lowest BCUT2D eigenvalue weighted by Crippen LogP contribution is -2.43. The maximum atomic E-state index is 13.1. The molecule has 2 saturated heterocycles. The van der Waals surface area contributed by atoms with Crippen molar-refractivity contribution in [1.82, 2.24) is 9.29 Å². The monoisotopic (exact) mass is 428 g/mol. The molecule has 0 bridgehead atoms. The summed E-state index contributed by atoms with van der Waals surface area (Å²) in [6, 6.07) is 9.82. The topological polar surface area (TPSA) is 99.7 Å². The Labute approximate surface area is 175 Å². The molecule has 2 aliphatic heterocycles. The smallest absolute Gasteiger partial charge is 0.243 e. The predicted octanol–water partition coefficient (Wildman–Crippen LogP) is 2.25. The Morgan fingerprint density at radius 3 is 2.43 bits per heavy atom. The van der Waals surface area contributed by atoms with Gasteiger partial charge in [0.25, 0.3) is 0 Å². The van der Waals surface area contributed by atoms with E-state index >= 15 is 0 Å². The minimum Gasteiger partial charge on any atom is -0.326 e. The van der Waals surface area contributed by atoms with E-state index in [-0.39, 0.29) is 23.3 Å². The molecular weight excluding hydrogens is 404 g/mol. The van der Waals surface area contributed by atoms with Gasteiger partial charge in [-0.15, -0.1) is 0 Å². The van der Waals surface area contributed by atoms with Gasteiger partial charge in [0, 0.05) is 49.8 Å². The van der Waals surface area contributed by atoms with Gasteiger partial charge in [-0.2, -0.15) is 4.31 Å². The highest BCUT2D eigenvalue weighted by molar-refractivity contribution is 7.89. The molecule has 9 heteroatoms. The molecule has 2 aliphatic rings. The maximum absolute atomic E-state index is 13.1. The van der Waals surface area contributed by atoms with Crippen molar-refractivity contribution in [1.29, 1.82) is 0 Å². The SMILES string of the molecule is O=C(Nc1ccncc1)[C@H]1CCCN(S(=O)(=O)c2ccc(N3CCCC3=O)cc2)C1. The molecule has 1 atom stereocenters. The highest BCUT2D eigenvalue weighted by atomic mass is 32.2. The molecular formula is C21H24N4O4S. The molecule has 3 heterocycles. The summed E-state index contributed by atoms with van der Waals surface area (Å²) in [6.07, 6.45) is 5.78. The van der Waals surface area contributed by atoms with Crippen molar-refractivity contribution in [2.75, 3.05) is 29.9 Å². The summed E-state index contributed by atoms with van der Waals surface area (Å²) in [6.45, 7) is 1.19. The number of piperidine rings is 1. The fourth-order valence-electron chi connectivity index (χ4n) is 3.92. The summed E-state index contributed by atoms with van der Waals surface area (Å²) in [5.41, 5.74) is 1.35. The lowest BCUT2D eigenvalue weighted by atomic mass is 9.99. The number of amides is 2. The van der Waals surface area contributed by atoms with Crippen molar-refractivity contribution in [3.05, 3.63) is 48.8 Å². The number of rotatable bonds is 5. The number of anilines is 2. The van der Waals surface area contributed by atoms with Crippen molar-refractivity contribution >= 4 is 33.2 Å². The van der Waals surface area contributed by atoms with Crippen molar-refractivity contribution < 1.29 is 18.0 Å². The second-order valence-corrected chi connectivity index (χ2v) is 9.51. The van der Waals surface area contributed by atoms with Crippen LogP contribution in [0.5, 0.6) is 0 Å². The summed E-state index contributed by atoms with van der Waals surface area (Å²) in [5, 5.41) is 2.83. The van der Waals surface area contributed by atoms with Crippen LogP contribution < -0.4 is 10.2 Å². The molecule has 1 aromatic carbocycles. The van der Waals surface area contributed by atoms with E-state index in [9.17, 15) is 18.0 Å². The fraction of sp³-hybridized carbons (Fsp3) is 0.381. The number of aromatic nitrogens is 1. The number of pyridine rings is 1. The van der Waals surface area contributed by atoms with E-state index in [0.29, 0.717) is 43.7 Å². The zero-order valence-corrected chi connectivity index (χ0v) is 17.3. The first-order valence-electron chi connectivity index (χ1n) is 10.1. The zero-order valence-electron chi connectivity index (χ0n) is 16.5. The minimum atomic E-state index is -3.72. The normalized spacial score (nSPS) is 20.3. The second-order valence-electron chi connectivity index (χ2n) is 7.57. The Balaban J connectivity index is 1.45. The van der Waals surface area contributed by atoms with E-state index in [4.69, 9.17) is 0 Å². The van der Waals surface area contributed by atoms with Crippen LogP contribution in [-0.4, -0.2) is 49.2 Å². The van der Waals surface area contributed by atoms with Crippen LogP contribution in [0, 0.1) is 5.92 Å². The number of carbonyl (C=O) groups is 2. The van der Waals surface area contributed by atoms with E-state index in [1.807, 2.05) is 0 Å². The van der Waals surface area contributed by atoms with Crippen LogP contribution in [0.15, 0.2) is 53.7 Å². The molecule has 2 amide bonds. The number of nitrogens with zero attached hydrogens (tertiary/aromatic N) is 3. The van der Waals surface area contributed by atoms with Crippen LogP contribution in [0.2, 0.25) is 0 Å². The van der Waals surface area contributed by atoms with Gasteiger partial charge in [0.15, 0.2) is 0 Å².